The van der Waals surface area contributed by atoms with Crippen LogP contribution in [-0.2, 0) is 15.0 Å². The first-order valence-electron chi connectivity index (χ1n) is 5.79. The van der Waals surface area contributed by atoms with E-state index in [1.165, 1.54) is 14.0 Å². The third kappa shape index (κ3) is 4.25. The van der Waals surface area contributed by atoms with Crippen LogP contribution in [0.2, 0.25) is 0 Å². The Balaban J connectivity index is 2.53. The average molecular weight is 264 g/mol. The summed E-state index contributed by atoms with van der Waals surface area (Å²) in [7, 11) is -2.15. The quantitative estimate of drug-likeness (QED) is 0.727. The molecule has 0 radical (unpaired) electrons. The summed E-state index contributed by atoms with van der Waals surface area (Å²) in [4.78, 5) is 10.7. The zero-order valence-electron chi connectivity index (χ0n) is 10.2. The highest BCUT2D eigenvalue weighted by molar-refractivity contribution is 7.87. The molecule has 1 rings (SSSR count). The van der Waals surface area contributed by atoms with Gasteiger partial charge in [0.1, 0.15) is 0 Å². The molecule has 7 heteroatoms. The number of hydrogen-bond donors (Lipinski definition) is 2. The molecule has 1 fully saturated rings. The van der Waals surface area contributed by atoms with Crippen LogP contribution < -0.4 is 4.72 Å². The first kappa shape index (κ1) is 14.4. The molecule has 0 aliphatic heterocycles. The molecule has 6 nitrogen and oxygen atoms in total. The molecule has 0 saturated heterocycles. The zero-order chi connectivity index (χ0) is 13.1. The van der Waals surface area contributed by atoms with Crippen molar-refractivity contribution in [3.05, 3.63) is 0 Å². The summed E-state index contributed by atoms with van der Waals surface area (Å²) < 4.78 is 27.4. The van der Waals surface area contributed by atoms with Crippen LogP contribution in [0.3, 0.4) is 0 Å². The van der Waals surface area contributed by atoms with Crippen LogP contribution in [0.5, 0.6) is 0 Å². The van der Waals surface area contributed by atoms with Crippen molar-refractivity contribution in [2.24, 2.45) is 5.92 Å². The fraction of sp³-hybridized carbons (Fsp3) is 0.900. The molecular weight excluding hydrogens is 244 g/mol. The molecule has 0 amide bonds. The van der Waals surface area contributed by atoms with Gasteiger partial charge in [0.2, 0.25) is 0 Å². The van der Waals surface area contributed by atoms with E-state index in [1.807, 2.05) is 0 Å². The summed E-state index contributed by atoms with van der Waals surface area (Å²) in [5.41, 5.74) is 0. The SMILES string of the molecule is CC(CN(C)S(=O)(=O)NC1CCCC1)C(=O)O. The smallest absolute Gasteiger partial charge is 0.307 e. The molecule has 0 heterocycles. The van der Waals surface area contributed by atoms with Crippen molar-refractivity contribution in [2.45, 2.75) is 38.6 Å². The lowest BCUT2D eigenvalue weighted by molar-refractivity contribution is -0.141. The Bertz CT molecular complexity index is 363. The first-order chi connectivity index (χ1) is 7.83. The standard InChI is InChI=1S/C10H20N2O4S/c1-8(10(13)14)7-12(2)17(15,16)11-9-5-3-4-6-9/h8-9,11H,3-7H2,1-2H3,(H,13,14). The zero-order valence-corrected chi connectivity index (χ0v) is 11.0. The van der Waals surface area contributed by atoms with Crippen molar-refractivity contribution < 1.29 is 18.3 Å². The number of carbonyl (C=O) groups is 1. The van der Waals surface area contributed by atoms with E-state index in [4.69, 9.17) is 5.11 Å². The fourth-order valence-corrected chi connectivity index (χ4v) is 3.16. The Kier molecular flexibility index (Phi) is 4.91. The van der Waals surface area contributed by atoms with Crippen LogP contribution in [0.15, 0.2) is 0 Å². The number of carboxylic acid groups (broad SMARTS) is 1. The topological polar surface area (TPSA) is 86.7 Å². The predicted molar refractivity (Wildman–Crippen MR) is 63.7 cm³/mol. The van der Waals surface area contributed by atoms with Crippen LogP contribution in [0, 0.1) is 5.92 Å². The number of carboxylic acids is 1. The van der Waals surface area contributed by atoms with Crippen LogP contribution in [0.25, 0.3) is 0 Å². The van der Waals surface area contributed by atoms with Crippen LogP contribution >= 0.6 is 0 Å². The maximum absolute atomic E-state index is 11.9. The molecule has 17 heavy (non-hydrogen) atoms. The number of hydrogen-bond acceptors (Lipinski definition) is 3. The first-order valence-corrected chi connectivity index (χ1v) is 7.23. The number of nitrogens with zero attached hydrogens (tertiary/aromatic N) is 1. The van der Waals surface area contributed by atoms with Gasteiger partial charge in [0, 0.05) is 19.6 Å². The third-order valence-corrected chi connectivity index (χ3v) is 4.63. The second kappa shape index (κ2) is 5.79. The summed E-state index contributed by atoms with van der Waals surface area (Å²) in [6, 6.07) is 0.00239. The summed E-state index contributed by atoms with van der Waals surface area (Å²) >= 11 is 0. The van der Waals surface area contributed by atoms with Crippen LogP contribution in [0.1, 0.15) is 32.6 Å². The van der Waals surface area contributed by atoms with Crippen molar-refractivity contribution >= 4 is 16.2 Å². The molecule has 1 unspecified atom stereocenters. The minimum absolute atomic E-state index is 0.00239. The van der Waals surface area contributed by atoms with E-state index in [-0.39, 0.29) is 12.6 Å². The molecule has 0 bridgehead atoms. The molecule has 1 aliphatic rings. The largest absolute Gasteiger partial charge is 0.481 e. The monoisotopic (exact) mass is 264 g/mol. The van der Waals surface area contributed by atoms with Gasteiger partial charge in [0.25, 0.3) is 10.2 Å². The summed E-state index contributed by atoms with van der Waals surface area (Å²) in [6.45, 7) is 1.47. The van der Waals surface area contributed by atoms with Gasteiger partial charge in [-0.25, -0.2) is 0 Å². The van der Waals surface area contributed by atoms with E-state index < -0.39 is 22.1 Å². The lowest BCUT2D eigenvalue weighted by Crippen LogP contribution is -2.44. The number of aliphatic carboxylic acids is 1. The molecule has 100 valence electrons. The maximum Gasteiger partial charge on any atom is 0.307 e. The Morgan fingerprint density at radius 1 is 1.47 bits per heavy atom. The predicted octanol–water partition coefficient (Wildman–Crippen LogP) is 0.416. The minimum Gasteiger partial charge on any atom is -0.481 e. The number of rotatable bonds is 6. The van der Waals surface area contributed by atoms with Crippen molar-refractivity contribution in [1.29, 1.82) is 0 Å². The minimum atomic E-state index is -3.55. The van der Waals surface area contributed by atoms with Gasteiger partial charge in [0.15, 0.2) is 0 Å². The molecule has 1 aliphatic carbocycles. The highest BCUT2D eigenvalue weighted by Gasteiger charge is 2.26. The highest BCUT2D eigenvalue weighted by Crippen LogP contribution is 2.19. The van der Waals surface area contributed by atoms with E-state index in [1.54, 1.807) is 0 Å². The number of nitrogens with one attached hydrogen (secondary N) is 1. The Hall–Kier alpha value is -0.660. The van der Waals surface area contributed by atoms with E-state index >= 15 is 0 Å². The Labute approximate surface area is 102 Å². The van der Waals surface area contributed by atoms with Gasteiger partial charge in [-0.2, -0.15) is 17.4 Å². The van der Waals surface area contributed by atoms with Gasteiger partial charge in [0.05, 0.1) is 5.92 Å². The van der Waals surface area contributed by atoms with E-state index in [0.29, 0.717) is 0 Å². The fourth-order valence-electron chi connectivity index (χ4n) is 1.91. The van der Waals surface area contributed by atoms with Gasteiger partial charge in [-0.3, -0.25) is 4.79 Å². The van der Waals surface area contributed by atoms with Crippen LogP contribution in [0.4, 0.5) is 0 Å². The van der Waals surface area contributed by atoms with Crippen molar-refractivity contribution in [1.82, 2.24) is 9.03 Å². The summed E-state index contributed by atoms with van der Waals surface area (Å²) in [5.74, 6) is -1.70. The molecule has 1 saturated carbocycles. The van der Waals surface area contributed by atoms with Crippen molar-refractivity contribution in [3.8, 4) is 0 Å². The Morgan fingerprint density at radius 2 is 2.00 bits per heavy atom. The van der Waals surface area contributed by atoms with E-state index in [9.17, 15) is 13.2 Å². The molecule has 0 aromatic carbocycles. The van der Waals surface area contributed by atoms with E-state index in [2.05, 4.69) is 4.72 Å². The average Bonchev–Trinajstić information content (AvgIpc) is 2.69. The van der Waals surface area contributed by atoms with E-state index in [0.717, 1.165) is 30.0 Å². The molecule has 1 atom stereocenters. The molecule has 0 aromatic heterocycles. The van der Waals surface area contributed by atoms with Crippen molar-refractivity contribution in [2.75, 3.05) is 13.6 Å². The second-order valence-electron chi connectivity index (χ2n) is 4.62. The molecule has 0 spiro atoms. The van der Waals surface area contributed by atoms with Gasteiger partial charge >= 0.3 is 5.97 Å². The lowest BCUT2D eigenvalue weighted by Gasteiger charge is -2.22. The normalized spacial score (nSPS) is 19.7. The van der Waals surface area contributed by atoms with Crippen LogP contribution in [-0.4, -0.2) is 43.4 Å². The highest BCUT2D eigenvalue weighted by atomic mass is 32.2. The molecule has 2 N–H and O–H groups in total. The third-order valence-electron chi connectivity index (χ3n) is 3.03. The summed E-state index contributed by atoms with van der Waals surface area (Å²) in [5, 5.41) is 8.74. The second-order valence-corrected chi connectivity index (χ2v) is 6.43. The summed E-state index contributed by atoms with van der Waals surface area (Å²) in [6.07, 6.45) is 3.81. The molecule has 0 aromatic rings. The Morgan fingerprint density at radius 3 is 2.47 bits per heavy atom. The lowest BCUT2D eigenvalue weighted by atomic mass is 10.2. The van der Waals surface area contributed by atoms with Gasteiger partial charge in [-0.05, 0) is 12.8 Å². The molecular formula is C10H20N2O4S. The van der Waals surface area contributed by atoms with Gasteiger partial charge in [-0.1, -0.05) is 19.8 Å². The van der Waals surface area contributed by atoms with Gasteiger partial charge in [-0.15, -0.1) is 0 Å². The van der Waals surface area contributed by atoms with Crippen molar-refractivity contribution in [3.63, 3.8) is 0 Å². The van der Waals surface area contributed by atoms with Gasteiger partial charge < -0.3 is 5.11 Å². The maximum atomic E-state index is 11.9.